The van der Waals surface area contributed by atoms with E-state index in [1.165, 1.54) is 4.70 Å². The minimum Gasteiger partial charge on any atom is -0.444 e. The van der Waals surface area contributed by atoms with Gasteiger partial charge < -0.3 is 14.5 Å². The molecule has 0 aliphatic carbocycles. The molecular formula is C21H24N4O2S. The third-order valence-electron chi connectivity index (χ3n) is 4.67. The number of hydrogen-bond acceptors (Lipinski definition) is 6. The van der Waals surface area contributed by atoms with Gasteiger partial charge in [-0.25, -0.2) is 14.8 Å². The van der Waals surface area contributed by atoms with Crippen molar-refractivity contribution in [2.75, 3.05) is 31.1 Å². The van der Waals surface area contributed by atoms with Gasteiger partial charge in [-0.15, -0.1) is 11.3 Å². The summed E-state index contributed by atoms with van der Waals surface area (Å²) in [5.74, 6) is 0.937. The normalized spacial score (nSPS) is 15.1. The number of ether oxygens (including phenoxy) is 1. The van der Waals surface area contributed by atoms with Crippen LogP contribution in [0.5, 0.6) is 0 Å². The molecule has 0 unspecified atom stereocenters. The van der Waals surface area contributed by atoms with E-state index in [0.717, 1.165) is 35.6 Å². The number of hydrogen-bond donors (Lipinski definition) is 0. The number of carbonyl (C=O) groups is 1. The van der Waals surface area contributed by atoms with Gasteiger partial charge >= 0.3 is 6.09 Å². The summed E-state index contributed by atoms with van der Waals surface area (Å²) in [6, 6.07) is 10.4. The first kappa shape index (κ1) is 18.7. The highest BCUT2D eigenvalue weighted by atomic mass is 32.1. The molecule has 3 heterocycles. The van der Waals surface area contributed by atoms with Gasteiger partial charge in [-0.3, -0.25) is 0 Å². The third-order valence-corrected chi connectivity index (χ3v) is 5.46. The summed E-state index contributed by atoms with van der Waals surface area (Å²) in [6.07, 6.45) is 1.67. The maximum Gasteiger partial charge on any atom is 0.410 e. The molecule has 1 aliphatic rings. The Balaban J connectivity index is 1.40. The summed E-state index contributed by atoms with van der Waals surface area (Å²) in [5, 5.41) is 0. The van der Waals surface area contributed by atoms with Crippen LogP contribution in [0.1, 0.15) is 20.8 Å². The van der Waals surface area contributed by atoms with Gasteiger partial charge in [0.25, 0.3) is 0 Å². The summed E-state index contributed by atoms with van der Waals surface area (Å²) in [5.41, 5.74) is 4.67. The minimum atomic E-state index is -0.464. The van der Waals surface area contributed by atoms with E-state index >= 15 is 0 Å². The third kappa shape index (κ3) is 4.09. The fourth-order valence-electron chi connectivity index (χ4n) is 3.22. The lowest BCUT2D eigenvalue weighted by atomic mass is 10.1. The van der Waals surface area contributed by atoms with Gasteiger partial charge in [0.15, 0.2) is 0 Å². The summed E-state index contributed by atoms with van der Waals surface area (Å²) >= 11 is 1.65. The fraction of sp³-hybridized carbons (Fsp3) is 0.381. The lowest BCUT2D eigenvalue weighted by molar-refractivity contribution is 0.0240. The molecule has 1 aliphatic heterocycles. The number of rotatable bonds is 2. The zero-order valence-electron chi connectivity index (χ0n) is 16.4. The van der Waals surface area contributed by atoms with Crippen LogP contribution >= 0.6 is 11.3 Å². The lowest BCUT2D eigenvalue weighted by Crippen LogP contribution is -2.50. The molecule has 0 saturated carbocycles. The zero-order chi connectivity index (χ0) is 19.7. The summed E-state index contributed by atoms with van der Waals surface area (Å²) in [6.45, 7) is 8.44. The lowest BCUT2D eigenvalue weighted by Gasteiger charge is -2.36. The second-order valence-corrected chi connectivity index (χ2v) is 8.78. The number of pyridine rings is 1. The van der Waals surface area contributed by atoms with Crippen LogP contribution in [0.15, 0.2) is 42.0 Å². The SMILES string of the molecule is CC(C)(C)OC(=O)N1CCN(c2ccc(-c3ccc4ncsc4c3)cn2)CC1. The quantitative estimate of drug-likeness (QED) is 0.642. The van der Waals surface area contributed by atoms with Crippen molar-refractivity contribution in [2.24, 2.45) is 0 Å². The van der Waals surface area contributed by atoms with Crippen molar-refractivity contribution >= 4 is 33.5 Å². The topological polar surface area (TPSA) is 58.6 Å². The molecule has 1 saturated heterocycles. The molecule has 7 heteroatoms. The smallest absolute Gasteiger partial charge is 0.410 e. The maximum absolute atomic E-state index is 12.2. The van der Waals surface area contributed by atoms with Gasteiger partial charge in [0.05, 0.1) is 15.7 Å². The van der Waals surface area contributed by atoms with Crippen LogP contribution in [-0.4, -0.2) is 52.7 Å². The first-order chi connectivity index (χ1) is 13.4. The Kier molecular flexibility index (Phi) is 4.93. The molecule has 2 aromatic heterocycles. The predicted molar refractivity (Wildman–Crippen MR) is 113 cm³/mol. The van der Waals surface area contributed by atoms with E-state index in [9.17, 15) is 4.79 Å². The number of aromatic nitrogens is 2. The molecule has 0 N–H and O–H groups in total. The second-order valence-electron chi connectivity index (χ2n) is 7.89. The molecule has 28 heavy (non-hydrogen) atoms. The Morgan fingerprint density at radius 2 is 1.79 bits per heavy atom. The molecule has 1 amide bonds. The van der Waals surface area contributed by atoms with Gasteiger partial charge in [0.1, 0.15) is 11.4 Å². The molecule has 4 rings (SSSR count). The van der Waals surface area contributed by atoms with E-state index in [0.29, 0.717) is 13.1 Å². The molecule has 0 atom stereocenters. The minimum absolute atomic E-state index is 0.242. The number of anilines is 1. The van der Waals surface area contributed by atoms with E-state index in [1.807, 2.05) is 38.5 Å². The van der Waals surface area contributed by atoms with Crippen LogP contribution in [-0.2, 0) is 4.74 Å². The summed E-state index contributed by atoms with van der Waals surface area (Å²) < 4.78 is 6.64. The number of benzene rings is 1. The Bertz CT molecular complexity index is 970. The van der Waals surface area contributed by atoms with Crippen LogP contribution in [0.3, 0.4) is 0 Å². The average Bonchev–Trinajstić information content (AvgIpc) is 3.15. The highest BCUT2D eigenvalue weighted by Gasteiger charge is 2.26. The molecular weight excluding hydrogens is 372 g/mol. The Morgan fingerprint density at radius 3 is 2.46 bits per heavy atom. The van der Waals surface area contributed by atoms with E-state index in [4.69, 9.17) is 4.74 Å². The van der Waals surface area contributed by atoms with Gasteiger partial charge in [-0.1, -0.05) is 6.07 Å². The Hall–Kier alpha value is -2.67. The van der Waals surface area contributed by atoms with E-state index in [-0.39, 0.29) is 6.09 Å². The number of fused-ring (bicyclic) bond motifs is 1. The molecule has 1 fully saturated rings. The van der Waals surface area contributed by atoms with Crippen molar-refractivity contribution in [3.05, 3.63) is 42.0 Å². The number of amides is 1. The number of nitrogens with zero attached hydrogens (tertiary/aromatic N) is 4. The van der Waals surface area contributed by atoms with Crippen molar-refractivity contribution in [1.82, 2.24) is 14.9 Å². The van der Waals surface area contributed by atoms with Crippen LogP contribution in [0.2, 0.25) is 0 Å². The molecule has 3 aromatic rings. The van der Waals surface area contributed by atoms with E-state index in [1.54, 1.807) is 16.2 Å². The first-order valence-electron chi connectivity index (χ1n) is 9.42. The Labute approximate surface area is 168 Å². The van der Waals surface area contributed by atoms with Crippen molar-refractivity contribution < 1.29 is 9.53 Å². The largest absolute Gasteiger partial charge is 0.444 e. The van der Waals surface area contributed by atoms with Crippen molar-refractivity contribution in [3.63, 3.8) is 0 Å². The van der Waals surface area contributed by atoms with Gasteiger partial charge in [0, 0.05) is 37.9 Å². The predicted octanol–water partition coefficient (Wildman–Crippen LogP) is 4.42. The monoisotopic (exact) mass is 396 g/mol. The van der Waals surface area contributed by atoms with Crippen LogP contribution in [0.4, 0.5) is 10.6 Å². The van der Waals surface area contributed by atoms with E-state index < -0.39 is 5.60 Å². The number of carbonyl (C=O) groups excluding carboxylic acids is 1. The molecule has 0 spiro atoms. The molecule has 0 radical (unpaired) electrons. The number of thiazole rings is 1. The van der Waals surface area contributed by atoms with Gasteiger partial charge in [-0.2, -0.15) is 0 Å². The average molecular weight is 397 g/mol. The maximum atomic E-state index is 12.2. The first-order valence-corrected chi connectivity index (χ1v) is 10.3. The highest BCUT2D eigenvalue weighted by Crippen LogP contribution is 2.27. The Morgan fingerprint density at radius 1 is 1.04 bits per heavy atom. The van der Waals surface area contributed by atoms with Crippen molar-refractivity contribution in [1.29, 1.82) is 0 Å². The van der Waals surface area contributed by atoms with E-state index in [2.05, 4.69) is 39.1 Å². The van der Waals surface area contributed by atoms with Crippen LogP contribution < -0.4 is 4.90 Å². The second kappa shape index (κ2) is 7.39. The molecule has 6 nitrogen and oxygen atoms in total. The molecule has 0 bridgehead atoms. The molecule has 1 aromatic carbocycles. The number of piperazine rings is 1. The van der Waals surface area contributed by atoms with Gasteiger partial charge in [0.2, 0.25) is 0 Å². The van der Waals surface area contributed by atoms with Crippen LogP contribution in [0, 0.1) is 0 Å². The van der Waals surface area contributed by atoms with Crippen molar-refractivity contribution in [3.8, 4) is 11.1 Å². The fourth-order valence-corrected chi connectivity index (χ4v) is 3.94. The van der Waals surface area contributed by atoms with Crippen LogP contribution in [0.25, 0.3) is 21.3 Å². The molecule has 146 valence electrons. The summed E-state index contributed by atoms with van der Waals surface area (Å²) in [7, 11) is 0. The van der Waals surface area contributed by atoms with Gasteiger partial charge in [-0.05, 0) is 50.6 Å². The zero-order valence-corrected chi connectivity index (χ0v) is 17.2. The van der Waals surface area contributed by atoms with Crippen molar-refractivity contribution in [2.45, 2.75) is 26.4 Å². The summed E-state index contributed by atoms with van der Waals surface area (Å²) in [4.78, 5) is 25.1. The highest BCUT2D eigenvalue weighted by molar-refractivity contribution is 7.16. The standard InChI is InChI=1S/C21H24N4O2S/c1-21(2,3)27-20(26)25-10-8-24(9-11-25)19-7-5-16(13-22-19)15-4-6-17-18(12-15)28-14-23-17/h4-7,12-14H,8-11H2,1-3H3.